The third kappa shape index (κ3) is 4.38. The van der Waals surface area contributed by atoms with E-state index in [0.29, 0.717) is 31.2 Å². The van der Waals surface area contributed by atoms with Gasteiger partial charge in [0, 0.05) is 30.7 Å². The van der Waals surface area contributed by atoms with Crippen molar-refractivity contribution >= 4 is 23.3 Å². The first-order valence-corrected chi connectivity index (χ1v) is 6.54. The van der Waals surface area contributed by atoms with Crippen LogP contribution in [0.4, 0.5) is 10.5 Å². The van der Waals surface area contributed by atoms with Gasteiger partial charge in [-0.1, -0.05) is 11.6 Å². The van der Waals surface area contributed by atoms with Crippen LogP contribution in [0.15, 0.2) is 24.3 Å². The Morgan fingerprint density at radius 3 is 2.63 bits per heavy atom. The Labute approximate surface area is 117 Å². The first-order valence-electron chi connectivity index (χ1n) is 6.16. The Bertz CT molecular complexity index is 418. The third-order valence-electron chi connectivity index (χ3n) is 2.83. The van der Waals surface area contributed by atoms with Crippen LogP contribution in [0.25, 0.3) is 0 Å². The van der Waals surface area contributed by atoms with Crippen molar-refractivity contribution in [2.75, 3.05) is 32.1 Å². The topological polar surface area (TPSA) is 50.8 Å². The molecule has 1 aliphatic rings. The summed E-state index contributed by atoms with van der Waals surface area (Å²) in [4.78, 5) is 13.5. The van der Waals surface area contributed by atoms with Crippen LogP contribution in [-0.4, -0.2) is 44.0 Å². The standard InChI is InChI=1S/C13H17ClN2O3/c1-16(7-6-12-18-8-9-19-12)13(17)15-11-4-2-10(14)3-5-11/h2-5,12H,6-9H2,1H3,(H,15,17). The molecule has 1 aromatic rings. The molecule has 2 rings (SSSR count). The summed E-state index contributed by atoms with van der Waals surface area (Å²) in [6, 6.07) is 6.82. The highest BCUT2D eigenvalue weighted by molar-refractivity contribution is 6.30. The molecule has 6 heteroatoms. The van der Waals surface area contributed by atoms with Crippen LogP contribution in [0, 0.1) is 0 Å². The largest absolute Gasteiger partial charge is 0.350 e. The molecule has 0 unspecified atom stereocenters. The van der Waals surface area contributed by atoms with Crippen molar-refractivity contribution in [3.63, 3.8) is 0 Å². The third-order valence-corrected chi connectivity index (χ3v) is 3.09. The Morgan fingerprint density at radius 1 is 1.37 bits per heavy atom. The molecule has 19 heavy (non-hydrogen) atoms. The fraction of sp³-hybridized carbons (Fsp3) is 0.462. The second kappa shape index (κ2) is 6.75. The van der Waals surface area contributed by atoms with E-state index in [0.717, 1.165) is 5.69 Å². The van der Waals surface area contributed by atoms with E-state index in [4.69, 9.17) is 21.1 Å². The second-order valence-electron chi connectivity index (χ2n) is 4.32. The van der Waals surface area contributed by atoms with Crippen molar-refractivity contribution in [3.05, 3.63) is 29.3 Å². The molecule has 0 atom stereocenters. The van der Waals surface area contributed by atoms with Gasteiger partial charge in [-0.2, -0.15) is 0 Å². The summed E-state index contributed by atoms with van der Waals surface area (Å²) in [7, 11) is 1.74. The monoisotopic (exact) mass is 284 g/mol. The Hall–Kier alpha value is -1.30. The van der Waals surface area contributed by atoms with Crippen molar-refractivity contribution in [3.8, 4) is 0 Å². The molecule has 0 aliphatic carbocycles. The number of ether oxygens (including phenoxy) is 2. The molecule has 1 fully saturated rings. The molecule has 0 spiro atoms. The maximum Gasteiger partial charge on any atom is 0.321 e. The van der Waals surface area contributed by atoms with Gasteiger partial charge in [0.1, 0.15) is 0 Å². The van der Waals surface area contributed by atoms with Crippen molar-refractivity contribution in [2.24, 2.45) is 0 Å². The number of carbonyl (C=O) groups excluding carboxylic acids is 1. The zero-order chi connectivity index (χ0) is 13.7. The lowest BCUT2D eigenvalue weighted by Crippen LogP contribution is -2.33. The van der Waals surface area contributed by atoms with Crippen molar-refractivity contribution in [2.45, 2.75) is 12.7 Å². The highest BCUT2D eigenvalue weighted by Gasteiger charge is 2.17. The lowest BCUT2D eigenvalue weighted by atomic mass is 10.3. The number of anilines is 1. The van der Waals surface area contributed by atoms with E-state index < -0.39 is 0 Å². The minimum Gasteiger partial charge on any atom is -0.350 e. The number of halogens is 1. The molecule has 1 aromatic carbocycles. The van der Waals surface area contributed by atoms with Crippen molar-refractivity contribution in [1.29, 1.82) is 0 Å². The second-order valence-corrected chi connectivity index (χ2v) is 4.75. The number of amides is 2. The lowest BCUT2D eigenvalue weighted by molar-refractivity contribution is -0.0488. The molecule has 1 aliphatic heterocycles. The summed E-state index contributed by atoms with van der Waals surface area (Å²) in [6.07, 6.45) is 0.482. The number of rotatable bonds is 4. The van der Waals surface area contributed by atoms with Crippen LogP contribution in [0.2, 0.25) is 5.02 Å². The van der Waals surface area contributed by atoms with Crippen LogP contribution in [0.5, 0.6) is 0 Å². The van der Waals surface area contributed by atoms with Gasteiger partial charge < -0.3 is 19.7 Å². The lowest BCUT2D eigenvalue weighted by Gasteiger charge is -2.19. The summed E-state index contributed by atoms with van der Waals surface area (Å²) in [6.45, 7) is 1.83. The van der Waals surface area contributed by atoms with E-state index in [1.54, 1.807) is 36.2 Å². The number of hydrogen-bond donors (Lipinski definition) is 1. The van der Waals surface area contributed by atoms with Gasteiger partial charge in [-0.05, 0) is 24.3 Å². The van der Waals surface area contributed by atoms with Crippen LogP contribution in [0.3, 0.4) is 0 Å². The molecular formula is C13H17ClN2O3. The number of nitrogens with zero attached hydrogens (tertiary/aromatic N) is 1. The number of urea groups is 1. The van der Waals surface area contributed by atoms with Crippen molar-refractivity contribution in [1.82, 2.24) is 4.90 Å². The molecule has 1 heterocycles. The average Bonchev–Trinajstić information content (AvgIpc) is 2.91. The normalized spacial score (nSPS) is 15.5. The van der Waals surface area contributed by atoms with E-state index in [1.165, 1.54) is 0 Å². The molecule has 0 aromatic heterocycles. The van der Waals surface area contributed by atoms with Gasteiger partial charge in [-0.25, -0.2) is 4.79 Å². The molecular weight excluding hydrogens is 268 g/mol. The van der Waals surface area contributed by atoms with E-state index in [9.17, 15) is 4.79 Å². The summed E-state index contributed by atoms with van der Waals surface area (Å²) < 4.78 is 10.6. The Morgan fingerprint density at radius 2 is 2.00 bits per heavy atom. The summed E-state index contributed by atoms with van der Waals surface area (Å²) in [5.74, 6) is 0. The average molecular weight is 285 g/mol. The van der Waals surface area contributed by atoms with Gasteiger partial charge >= 0.3 is 6.03 Å². The SMILES string of the molecule is CN(CCC1OCCO1)C(=O)Nc1ccc(Cl)cc1. The molecule has 2 amide bonds. The molecule has 5 nitrogen and oxygen atoms in total. The fourth-order valence-electron chi connectivity index (χ4n) is 1.73. The van der Waals surface area contributed by atoms with E-state index in [-0.39, 0.29) is 12.3 Å². The fourth-order valence-corrected chi connectivity index (χ4v) is 1.85. The minimum atomic E-state index is -0.189. The smallest absolute Gasteiger partial charge is 0.321 e. The molecule has 0 bridgehead atoms. The van der Waals surface area contributed by atoms with Gasteiger partial charge in [0.2, 0.25) is 0 Å². The van der Waals surface area contributed by atoms with Crippen LogP contribution in [-0.2, 0) is 9.47 Å². The highest BCUT2D eigenvalue weighted by atomic mass is 35.5. The maximum absolute atomic E-state index is 11.9. The van der Waals surface area contributed by atoms with Gasteiger partial charge in [-0.15, -0.1) is 0 Å². The quantitative estimate of drug-likeness (QED) is 0.924. The number of carbonyl (C=O) groups is 1. The molecule has 1 N–H and O–H groups in total. The zero-order valence-corrected chi connectivity index (χ0v) is 11.5. The van der Waals surface area contributed by atoms with Gasteiger partial charge in [0.25, 0.3) is 0 Å². The predicted octanol–water partition coefficient (Wildman–Crippen LogP) is 2.57. The first-order chi connectivity index (χ1) is 9.15. The molecule has 0 saturated carbocycles. The molecule has 1 saturated heterocycles. The Balaban J connectivity index is 1.76. The van der Waals surface area contributed by atoms with Gasteiger partial charge in [-0.3, -0.25) is 0 Å². The van der Waals surface area contributed by atoms with Gasteiger partial charge in [0.05, 0.1) is 13.2 Å². The first kappa shape index (κ1) is 14.1. The predicted molar refractivity (Wildman–Crippen MR) is 73.4 cm³/mol. The summed E-state index contributed by atoms with van der Waals surface area (Å²) in [5, 5.41) is 3.43. The summed E-state index contributed by atoms with van der Waals surface area (Å²) in [5.41, 5.74) is 0.717. The molecule has 104 valence electrons. The zero-order valence-electron chi connectivity index (χ0n) is 10.8. The van der Waals surface area contributed by atoms with E-state index in [1.807, 2.05) is 0 Å². The molecule has 0 radical (unpaired) electrons. The van der Waals surface area contributed by atoms with E-state index >= 15 is 0 Å². The maximum atomic E-state index is 11.9. The minimum absolute atomic E-state index is 0.166. The van der Waals surface area contributed by atoms with Crippen LogP contribution in [0.1, 0.15) is 6.42 Å². The number of hydrogen-bond acceptors (Lipinski definition) is 3. The number of nitrogens with one attached hydrogen (secondary N) is 1. The van der Waals surface area contributed by atoms with Gasteiger partial charge in [0.15, 0.2) is 6.29 Å². The van der Waals surface area contributed by atoms with Crippen molar-refractivity contribution < 1.29 is 14.3 Å². The van der Waals surface area contributed by atoms with E-state index in [2.05, 4.69) is 5.32 Å². The van der Waals surface area contributed by atoms with Crippen LogP contribution < -0.4 is 5.32 Å². The Kier molecular flexibility index (Phi) is 5.01. The van der Waals surface area contributed by atoms with Crippen LogP contribution >= 0.6 is 11.6 Å². The summed E-state index contributed by atoms with van der Waals surface area (Å²) >= 11 is 5.78. The number of benzene rings is 1. The highest BCUT2D eigenvalue weighted by Crippen LogP contribution is 2.14.